The Morgan fingerprint density at radius 3 is 0.907 bits per heavy atom. The quantitative estimate of drug-likeness (QED) is 0.115. The van der Waals surface area contributed by atoms with Gasteiger partial charge in [0.2, 0.25) is 0 Å². The number of nitrogens with zero attached hydrogens (tertiary/aromatic N) is 14. The third kappa shape index (κ3) is 13.4. The number of imidazole rings is 2. The first-order valence-electron chi connectivity index (χ1n) is 48.9. The minimum Gasteiger partial charge on any atom is -0.454 e. The third-order valence-electron chi connectivity index (χ3n) is 30.7. The number of aryl methyl sites for hydroxylation is 8. The number of rotatable bonds is 12. The van der Waals surface area contributed by atoms with Crippen molar-refractivity contribution in [3.8, 4) is 0 Å². The number of para-hydroxylation sites is 15. The van der Waals surface area contributed by atoms with Crippen LogP contribution in [0.3, 0.4) is 0 Å². The van der Waals surface area contributed by atoms with Gasteiger partial charge in [-0.15, -0.1) is 0 Å². The lowest BCUT2D eigenvalue weighted by molar-refractivity contribution is 0.413. The first-order chi connectivity index (χ1) is 67.5. The van der Waals surface area contributed by atoms with Crippen LogP contribution in [0.2, 0.25) is 0 Å². The van der Waals surface area contributed by atoms with E-state index < -0.39 is 0 Å². The Morgan fingerprint density at radius 1 is 0.264 bits per heavy atom. The topological polar surface area (TPSA) is 124 Å². The third-order valence-corrected chi connectivity index (χ3v) is 30.7. The van der Waals surface area contributed by atoms with Crippen molar-refractivity contribution in [1.29, 1.82) is 0 Å². The molecule has 0 unspecified atom stereocenters. The minimum atomic E-state index is -0.381. The molecular formula is C122H118N14O4. The van der Waals surface area contributed by atoms with Gasteiger partial charge in [-0.3, -0.25) is 0 Å². The lowest BCUT2D eigenvalue weighted by atomic mass is 9.96. The summed E-state index contributed by atoms with van der Waals surface area (Å²) in [6, 6.07) is 109. The molecule has 0 saturated carbocycles. The SMILES string of the molecule is Cc1ccc2c(oc3ccccc32)c1N1c2ccccc2N(C(C)(C)c2cc3ccccc3n2C)[C@@H]1C.Cc1ccc2c(oc3ccccc32)c1N1c2ccccc2N(C(C)(C)c2cccn2C)[C@@H]1C.Cc1ccc2c(oc3ccccc32)c1N1c2ccccc2N(C(C)(C)c2nc3ccccc3n2C)[C@@H]1C.Cc1ccc2c(oc3ccccc32)c1N1c2ccccc2N(C(C)(C)c2nccn2C)[C@@H]1C. The zero-order chi connectivity index (χ0) is 96.8. The largest absolute Gasteiger partial charge is 0.454 e. The first-order valence-corrected chi connectivity index (χ1v) is 48.9. The van der Waals surface area contributed by atoms with Crippen molar-refractivity contribution in [2.24, 2.45) is 28.2 Å². The summed E-state index contributed by atoms with van der Waals surface area (Å²) in [5.41, 5.74) is 31.3. The second kappa shape index (κ2) is 33.0. The summed E-state index contributed by atoms with van der Waals surface area (Å²) >= 11 is 0. The fourth-order valence-electron chi connectivity index (χ4n) is 24.6. The number of anilines is 12. The summed E-state index contributed by atoms with van der Waals surface area (Å²) in [7, 11) is 8.49. The number of benzene rings is 14. The molecule has 8 aromatic heterocycles. The zero-order valence-corrected chi connectivity index (χ0v) is 83.4. The molecule has 4 aliphatic heterocycles. The molecule has 0 N–H and O–H groups in total. The molecule has 4 atom stereocenters. The molecule has 4 aliphatic rings. The van der Waals surface area contributed by atoms with Crippen molar-refractivity contribution in [3.63, 3.8) is 0 Å². The number of hydrogen-bond acceptors (Lipinski definition) is 14. The number of furan rings is 4. The van der Waals surface area contributed by atoms with Crippen molar-refractivity contribution in [3.05, 3.63) is 373 Å². The molecule has 12 heterocycles. The van der Waals surface area contributed by atoms with Crippen LogP contribution in [0.15, 0.2) is 346 Å². The Balaban J connectivity index is 0.000000104. The van der Waals surface area contributed by atoms with Crippen LogP contribution in [0.1, 0.15) is 128 Å². The predicted octanol–water partition coefficient (Wildman–Crippen LogP) is 31.0. The molecule has 26 rings (SSSR count). The lowest BCUT2D eigenvalue weighted by Crippen LogP contribution is -2.50. The van der Waals surface area contributed by atoms with Gasteiger partial charge in [0, 0.05) is 107 Å². The van der Waals surface area contributed by atoms with Crippen molar-refractivity contribution in [2.75, 3.05) is 39.2 Å². The highest BCUT2D eigenvalue weighted by molar-refractivity contribution is 6.15. The molecule has 140 heavy (non-hydrogen) atoms. The Kier molecular flexibility index (Phi) is 20.8. The van der Waals surface area contributed by atoms with E-state index in [1.165, 1.54) is 90.0 Å². The molecule has 18 heteroatoms. The molecule has 0 fully saturated rings. The smallest absolute Gasteiger partial charge is 0.159 e. The Bertz CT molecular complexity index is 8160. The van der Waals surface area contributed by atoms with Gasteiger partial charge in [0.25, 0.3) is 0 Å². The minimum absolute atomic E-state index is 0.0322. The lowest BCUT2D eigenvalue weighted by Gasteiger charge is -2.42. The van der Waals surface area contributed by atoms with Gasteiger partial charge in [-0.2, -0.15) is 0 Å². The van der Waals surface area contributed by atoms with E-state index in [4.69, 9.17) is 27.6 Å². The average molecular weight is 1840 g/mol. The van der Waals surface area contributed by atoms with Crippen LogP contribution in [-0.4, -0.2) is 52.9 Å². The van der Waals surface area contributed by atoms with Crippen LogP contribution in [0.4, 0.5) is 68.2 Å². The monoisotopic (exact) mass is 1840 g/mol. The fraction of sp³-hybridized carbons (Fsp3) is 0.230. The van der Waals surface area contributed by atoms with E-state index in [1.807, 2.05) is 42.7 Å². The van der Waals surface area contributed by atoms with Crippen LogP contribution in [0.5, 0.6) is 0 Å². The van der Waals surface area contributed by atoms with Crippen molar-refractivity contribution < 1.29 is 17.7 Å². The summed E-state index contributed by atoms with van der Waals surface area (Å²) < 4.78 is 35.0. The predicted molar refractivity (Wildman–Crippen MR) is 580 cm³/mol. The van der Waals surface area contributed by atoms with Gasteiger partial charge in [-0.25, -0.2) is 9.97 Å². The van der Waals surface area contributed by atoms with Crippen molar-refractivity contribution in [1.82, 2.24) is 28.2 Å². The molecule has 18 nitrogen and oxygen atoms in total. The average Bonchev–Trinajstić information content (AvgIpc) is 1.57. The van der Waals surface area contributed by atoms with E-state index in [2.05, 4.69) is 482 Å². The maximum absolute atomic E-state index is 6.54. The molecule has 0 radical (unpaired) electrons. The molecule has 0 bridgehead atoms. The van der Waals surface area contributed by atoms with Crippen LogP contribution in [-0.2, 0) is 50.3 Å². The first kappa shape index (κ1) is 88.2. The molecule has 14 aromatic carbocycles. The fourth-order valence-corrected chi connectivity index (χ4v) is 24.6. The molecule has 22 aromatic rings. The number of aromatic nitrogens is 6. The van der Waals surface area contributed by atoms with Gasteiger partial charge in [-0.1, -0.05) is 200 Å². The second-order valence-electron chi connectivity index (χ2n) is 40.5. The molecule has 0 spiro atoms. The normalized spacial score (nSPS) is 16.0. The van der Waals surface area contributed by atoms with Gasteiger partial charge >= 0.3 is 0 Å². The highest BCUT2D eigenvalue weighted by Crippen LogP contribution is 2.59. The summed E-state index contributed by atoms with van der Waals surface area (Å²) in [5, 5.41) is 10.5. The van der Waals surface area contributed by atoms with Gasteiger partial charge in [0.1, 0.15) is 58.6 Å². The highest BCUT2D eigenvalue weighted by atomic mass is 16.3. The Labute approximate surface area is 816 Å². The van der Waals surface area contributed by atoms with E-state index in [9.17, 15) is 0 Å². The van der Waals surface area contributed by atoms with Crippen molar-refractivity contribution in [2.45, 2.75) is 158 Å². The molecule has 0 saturated heterocycles. The Morgan fingerprint density at radius 2 is 0.571 bits per heavy atom. The molecule has 0 amide bonds. The van der Waals surface area contributed by atoms with Crippen LogP contribution >= 0.6 is 0 Å². The summed E-state index contributed by atoms with van der Waals surface area (Å²) in [4.78, 5) is 29.7. The van der Waals surface area contributed by atoms with Gasteiger partial charge in [0.05, 0.1) is 101 Å². The summed E-state index contributed by atoms with van der Waals surface area (Å²) in [5.74, 6) is 2.07. The number of hydrogen-bond donors (Lipinski definition) is 0. The van der Waals surface area contributed by atoms with Crippen molar-refractivity contribution >= 4 is 178 Å². The Hall–Kier alpha value is -15.8. The zero-order valence-electron chi connectivity index (χ0n) is 83.4. The van der Waals surface area contributed by atoms with E-state index in [0.29, 0.717) is 0 Å². The van der Waals surface area contributed by atoms with Crippen LogP contribution < -0.4 is 39.2 Å². The van der Waals surface area contributed by atoms with Gasteiger partial charge in [0.15, 0.2) is 22.3 Å². The van der Waals surface area contributed by atoms with E-state index in [-0.39, 0.29) is 46.8 Å². The molecule has 0 aliphatic carbocycles. The molecular weight excluding hydrogens is 1730 g/mol. The van der Waals surface area contributed by atoms with Crippen LogP contribution in [0.25, 0.3) is 110 Å². The summed E-state index contributed by atoms with van der Waals surface area (Å²) in [6.45, 7) is 36.2. The summed E-state index contributed by atoms with van der Waals surface area (Å²) in [6.07, 6.45) is 6.28. The van der Waals surface area contributed by atoms with E-state index in [0.717, 1.165) is 133 Å². The maximum atomic E-state index is 6.54. The van der Waals surface area contributed by atoms with Gasteiger partial charge < -0.3 is 75.1 Å². The van der Waals surface area contributed by atoms with E-state index >= 15 is 0 Å². The van der Waals surface area contributed by atoms with Crippen LogP contribution in [0, 0.1) is 27.7 Å². The van der Waals surface area contributed by atoms with Gasteiger partial charge in [-0.05, 0) is 248 Å². The number of fused-ring (bicyclic) bond motifs is 18. The second-order valence-corrected chi connectivity index (χ2v) is 40.5. The molecule has 700 valence electrons. The maximum Gasteiger partial charge on any atom is 0.159 e. The highest BCUT2D eigenvalue weighted by Gasteiger charge is 2.51. The van der Waals surface area contributed by atoms with E-state index in [1.54, 1.807) is 0 Å². The standard InChI is InChI=1S/C33H31N3O.C32H30N4O.C29H29N3O.C28H28N4O/c1-21-18-19-25-24-13-7-11-17-29(24)37-32(25)31(21)35-22(2)36(28-16-10-9-15-27(28)35)33(3,4)30-20-23-12-6-8-14-26(23)34(30)5;1-20-18-19-23-22-12-6-11-17-28(22)37-30(23)29(20)35-21(2)36(27-16-10-9-15-26(27)35)32(3,4)31-33-24-13-7-8-14-25(24)34(31)5;1-19-16-17-22-21-11-6-9-14-25(21)33-28(22)27(19)31-20(2)32(24-13-8-7-12-23(24)31)29(3,4)26-15-10-18-30(26)5;1-18-14-15-21-20-10-6-9-13-24(20)33-26(21)25(18)31-19(2)32(23-12-8-7-11-22(23)31)28(3,4)27-29-16-17-30(27)5/h6-20,22H,1-5H3;6-19,21H,1-5H3;6-18,20H,1-5H3;6-17,19H,1-5H3/t22-;21-;20-;19-/m1111/s1.